The minimum atomic E-state index is -3.61. The normalized spacial score (nSPS) is 15.7. The molecule has 27 rings (SSSR count). The third kappa shape index (κ3) is 11.8. The van der Waals surface area contributed by atoms with Crippen LogP contribution in [-0.2, 0) is 33.7 Å². The SMILES string of the molecule is Brc1ccc2c(c1)C1(c3cc(Br)ccc3-2)c2cc(Br)ccc2-c2ccc(Br)cc21.O=P1(c2ccc3c(c2)C2(c4cc(P5(=O)c6ccccc6Sc6ccccc65)ccc4-3)c3cc(P4(=O)c5ccccc5Sc5ccccc54)ccc3-c3ccc(P4(=O)c5ccccc5Sc5ccccc54)cc32)c2ccccc2Sc2ccccc21.O=[p+]1c2ccccc2sc2ccccc21. The van der Waals surface area contributed by atoms with Gasteiger partial charge in [0.2, 0.25) is 10.2 Å². The van der Waals surface area contributed by atoms with Crippen LogP contribution >= 0.6 is 158 Å². The van der Waals surface area contributed by atoms with Crippen molar-refractivity contribution in [1.29, 1.82) is 0 Å². The van der Waals surface area contributed by atoms with Crippen LogP contribution in [0.4, 0.5) is 0 Å². The molecule has 4 aliphatic carbocycles. The van der Waals surface area contributed by atoms with E-state index in [1.165, 1.54) is 44.5 Å². The van der Waals surface area contributed by atoms with Gasteiger partial charge in [-0.15, -0.1) is 11.3 Å². The van der Waals surface area contributed by atoms with Gasteiger partial charge in [0.1, 0.15) is 0 Å². The predicted octanol–water partition coefficient (Wildman–Crippen LogP) is 28.3. The average molecular weight is 2100 g/mol. The average Bonchev–Trinajstić information content (AvgIpc) is 1.50. The molecule has 1 aromatic heterocycles. The standard InChI is InChI=1S/C73H44O4P4S4.C25H12Br4.C12H8OPS/c74-78(57-17-1-9-25-65(57)82-66-26-10-2-18-58(66)78)45-33-37-49-50-38-34-46(79(75)59-19-3-11-27-67(59)83-68-28-12-4-20-60(68)79)42-54(50)73(53(49)41-45)55-43-47(80(76)61-21-5-13-29-69(61)84-70-30-14-6-22-62(70)80)35-39-51(55)52-40-36-48(44-56(52)73)81(77)63-23-7-15-31-71(63)85-72-32-16-8-24-64(72)81;26-13-1-5-17-18-6-2-14(27)10-22(18)25(21(17)9-13)23-11-15(28)3-7-19(23)20-8-4-16(29)12-24(20)25;13-14-9-5-1-3-7-11(9)15-12-8-4-2-6-10(12)14/h1-44H;1-12H;1-8H/q;;+1. The number of benzene rings is 18. The van der Waals surface area contributed by atoms with Gasteiger partial charge in [0.15, 0.2) is 28.6 Å². The second kappa shape index (κ2) is 30.8. The minimum absolute atomic E-state index is 0.337. The Kier molecular flexibility index (Phi) is 19.5. The molecule has 0 atom stereocenters. The van der Waals surface area contributed by atoms with Gasteiger partial charge in [-0.25, -0.2) is 0 Å². The molecule has 4 aliphatic heterocycles. The maximum Gasteiger partial charge on any atom is 0.418 e. The van der Waals surface area contributed by atoms with Crippen LogP contribution in [0.1, 0.15) is 44.5 Å². The highest BCUT2D eigenvalue weighted by Crippen LogP contribution is 2.69. The Morgan fingerprint density at radius 3 is 0.605 bits per heavy atom. The minimum Gasteiger partial charge on any atom is -0.309 e. The molecule has 5 nitrogen and oxygen atoms in total. The Morgan fingerprint density at radius 2 is 0.388 bits per heavy atom. The molecule has 18 aromatic carbocycles. The number of halogens is 4. The fourth-order valence-corrected chi connectivity index (χ4v) is 44.4. The van der Waals surface area contributed by atoms with Crippen LogP contribution in [0.15, 0.2) is 445 Å². The van der Waals surface area contributed by atoms with Gasteiger partial charge in [0.25, 0.3) is 0 Å². The van der Waals surface area contributed by atoms with Crippen molar-refractivity contribution in [2.24, 2.45) is 0 Å². The largest absolute Gasteiger partial charge is 0.418 e. The summed E-state index contributed by atoms with van der Waals surface area (Å²) >= 11 is 23.3. The molecule has 8 aliphatic rings. The number of hydrogen-bond acceptors (Lipinski definition) is 10. The van der Waals surface area contributed by atoms with E-state index in [4.69, 9.17) is 0 Å². The first-order valence-corrected chi connectivity index (χ1v) is 57.4. The molecule has 129 heavy (non-hydrogen) atoms. The predicted molar refractivity (Wildman–Crippen MR) is 557 cm³/mol. The molecule has 5 heterocycles. The van der Waals surface area contributed by atoms with E-state index in [-0.39, 0.29) is 5.41 Å². The van der Waals surface area contributed by atoms with Crippen molar-refractivity contribution in [1.82, 2.24) is 0 Å². The van der Waals surface area contributed by atoms with E-state index in [1.807, 2.05) is 194 Å². The van der Waals surface area contributed by atoms with Crippen molar-refractivity contribution in [3.8, 4) is 44.5 Å². The number of hydrogen-bond donors (Lipinski definition) is 0. The van der Waals surface area contributed by atoms with Crippen LogP contribution in [0.2, 0.25) is 0 Å². The Balaban J connectivity index is 0.000000165. The van der Waals surface area contributed by atoms with E-state index in [0.29, 0.717) is 21.2 Å². The molecule has 0 amide bonds. The van der Waals surface area contributed by atoms with Crippen LogP contribution in [0, 0.1) is 0 Å². The molecular weight excluding hydrogens is 2040 g/mol. The summed E-state index contributed by atoms with van der Waals surface area (Å²) in [4.78, 5) is 7.68. The van der Waals surface area contributed by atoms with Crippen LogP contribution in [0.3, 0.4) is 0 Å². The van der Waals surface area contributed by atoms with Crippen molar-refractivity contribution < 1.29 is 22.8 Å². The van der Waals surface area contributed by atoms with Gasteiger partial charge >= 0.3 is 7.41 Å². The Hall–Kier alpha value is -9.48. The topological polar surface area (TPSA) is 85.3 Å². The van der Waals surface area contributed by atoms with Gasteiger partial charge in [-0.3, -0.25) is 0 Å². The maximum atomic E-state index is 17.1. The van der Waals surface area contributed by atoms with Gasteiger partial charge in [0, 0.05) is 121 Å². The third-order valence-electron chi connectivity index (χ3n) is 26.7. The highest BCUT2D eigenvalue weighted by Gasteiger charge is 2.57. The zero-order valence-corrected chi connectivity index (χ0v) is 82.7. The molecule has 2 spiro atoms. The monoisotopic (exact) mass is 2090 g/mol. The van der Waals surface area contributed by atoms with Gasteiger partial charge in [0.05, 0.1) is 20.2 Å². The summed E-state index contributed by atoms with van der Waals surface area (Å²) < 4.78 is 87.4. The summed E-state index contributed by atoms with van der Waals surface area (Å²) in [7, 11) is -15.8. The first kappa shape index (κ1) is 81.5. The lowest BCUT2D eigenvalue weighted by atomic mass is 9.70. The van der Waals surface area contributed by atoms with E-state index in [0.717, 1.165) is 164 Å². The molecule has 0 saturated carbocycles. The lowest BCUT2D eigenvalue weighted by Gasteiger charge is -2.35. The smallest absolute Gasteiger partial charge is 0.309 e. The molecule has 19 aromatic rings. The van der Waals surface area contributed by atoms with Crippen molar-refractivity contribution in [2.45, 2.75) is 50.0 Å². The second-order valence-electron chi connectivity index (χ2n) is 33.1. The summed E-state index contributed by atoms with van der Waals surface area (Å²) in [5.74, 6) is 0. The summed E-state index contributed by atoms with van der Waals surface area (Å²) in [5, 5.41) is 11.1. The Bertz CT molecular complexity index is 7410. The first-order chi connectivity index (χ1) is 63.0. The lowest BCUT2D eigenvalue weighted by molar-refractivity contribution is 0.591. The van der Waals surface area contributed by atoms with Crippen molar-refractivity contribution >= 4 is 241 Å². The molecule has 19 heteroatoms. The fourth-order valence-electron chi connectivity index (χ4n) is 21.3. The zero-order valence-electron chi connectivity index (χ0n) is 67.8. The molecular formula is C110H64Br4O5P5S5+. The molecule has 0 N–H and O–H groups in total. The van der Waals surface area contributed by atoms with Gasteiger partial charge in [-0.2, -0.15) is 0 Å². The van der Waals surface area contributed by atoms with Crippen molar-refractivity contribution in [3.05, 3.63) is 451 Å². The molecule has 0 fully saturated rings. The van der Waals surface area contributed by atoms with E-state index < -0.39 is 41.4 Å². The van der Waals surface area contributed by atoms with Crippen LogP contribution in [-0.4, -0.2) is 0 Å². The Morgan fingerprint density at radius 1 is 0.209 bits per heavy atom. The van der Waals surface area contributed by atoms with Crippen molar-refractivity contribution in [2.75, 3.05) is 0 Å². The molecule has 0 unspecified atom stereocenters. The first-order valence-electron chi connectivity index (χ1n) is 42.0. The summed E-state index contributed by atoms with van der Waals surface area (Å²) in [6.45, 7) is 0. The molecule has 616 valence electrons. The third-order valence-corrected chi connectivity index (χ3v) is 50.2. The van der Waals surface area contributed by atoms with E-state index in [1.54, 1.807) is 58.4 Å². The van der Waals surface area contributed by atoms with Crippen LogP contribution in [0.5, 0.6) is 0 Å². The van der Waals surface area contributed by atoms with E-state index in [2.05, 4.69) is 258 Å². The van der Waals surface area contributed by atoms with Crippen molar-refractivity contribution in [3.63, 3.8) is 0 Å². The second-order valence-corrected chi connectivity index (χ2v) is 54.5. The summed E-state index contributed by atoms with van der Waals surface area (Å²) in [6, 6.07) is 133. The summed E-state index contributed by atoms with van der Waals surface area (Å²) in [5.41, 5.74) is 16.4. The van der Waals surface area contributed by atoms with Gasteiger partial charge < -0.3 is 18.3 Å². The molecule has 0 radical (unpaired) electrons. The van der Waals surface area contributed by atoms with E-state index in [9.17, 15) is 4.57 Å². The van der Waals surface area contributed by atoms with Crippen LogP contribution < -0.4 is 63.7 Å². The highest BCUT2D eigenvalue weighted by molar-refractivity contribution is 9.11. The molecule has 0 bridgehead atoms. The molecule has 0 saturated heterocycles. The van der Waals surface area contributed by atoms with E-state index >= 15 is 18.3 Å². The zero-order chi connectivity index (χ0) is 86.8. The quantitative estimate of drug-likeness (QED) is 0.126. The Labute approximate surface area is 800 Å². The highest BCUT2D eigenvalue weighted by atomic mass is 79.9. The van der Waals surface area contributed by atoms with Crippen LogP contribution in [0.25, 0.3) is 64.1 Å². The van der Waals surface area contributed by atoms with Gasteiger partial charge in [-0.1, -0.05) is 309 Å². The fraction of sp³-hybridized carbons (Fsp3) is 0.0182. The lowest BCUT2D eigenvalue weighted by Crippen LogP contribution is -2.35. The number of rotatable bonds is 4. The number of fused-ring (bicyclic) bond motifs is 30. The summed E-state index contributed by atoms with van der Waals surface area (Å²) in [6.07, 6.45) is 0. The van der Waals surface area contributed by atoms with Gasteiger partial charge in [-0.05, 0) is 283 Å². The maximum absolute atomic E-state index is 17.1.